The Kier molecular flexibility index (Phi) is 42.7. The predicted octanol–water partition coefficient (Wildman–Crippen LogP) is 14.1. The fraction of sp³-hybridized carbons (Fsp3) is 0.765. The van der Waals surface area contributed by atoms with E-state index in [4.69, 9.17) is 4.74 Å². The average Bonchev–Trinajstić information content (AvgIpc) is 3.20. The van der Waals surface area contributed by atoms with Gasteiger partial charge in [0.05, 0.1) is 25.2 Å². The highest BCUT2D eigenvalue weighted by atomic mass is 16.5. The summed E-state index contributed by atoms with van der Waals surface area (Å²) in [6, 6.07) is -0.708. The first-order valence-electron chi connectivity index (χ1n) is 24.1. The molecule has 3 atom stereocenters. The lowest BCUT2D eigenvalue weighted by molar-refractivity contribution is -0.151. The summed E-state index contributed by atoms with van der Waals surface area (Å²) in [4.78, 5) is 26.0. The first-order valence-corrected chi connectivity index (χ1v) is 24.1. The third-order valence-electron chi connectivity index (χ3n) is 10.7. The Balaban J connectivity index is 4.65. The van der Waals surface area contributed by atoms with E-state index >= 15 is 0 Å². The van der Waals surface area contributed by atoms with Crippen molar-refractivity contribution in [3.63, 3.8) is 0 Å². The summed E-state index contributed by atoms with van der Waals surface area (Å²) in [5.74, 6) is -0.511. The number of nitrogens with one attached hydrogen (secondary N) is 1. The molecule has 0 rings (SSSR count). The number of unbranched alkanes of at least 4 members (excludes halogenated alkanes) is 23. The largest absolute Gasteiger partial charge is 0.462 e. The minimum atomic E-state index is -0.793. The summed E-state index contributed by atoms with van der Waals surface area (Å²) < 4.78 is 5.90. The van der Waals surface area contributed by atoms with Gasteiger partial charge in [-0.15, -0.1) is 0 Å². The van der Waals surface area contributed by atoms with Crippen LogP contribution >= 0.6 is 0 Å². The van der Waals surface area contributed by atoms with Crippen LogP contribution in [0.1, 0.15) is 226 Å². The van der Waals surface area contributed by atoms with Crippen LogP contribution in [0.2, 0.25) is 0 Å². The molecule has 57 heavy (non-hydrogen) atoms. The molecule has 0 bridgehead atoms. The van der Waals surface area contributed by atoms with Gasteiger partial charge in [-0.2, -0.15) is 0 Å². The van der Waals surface area contributed by atoms with Crippen molar-refractivity contribution >= 4 is 11.9 Å². The normalized spacial score (nSPS) is 13.8. The molecule has 0 heterocycles. The smallest absolute Gasteiger partial charge is 0.306 e. The lowest BCUT2D eigenvalue weighted by Gasteiger charge is -2.24. The second-order valence-electron chi connectivity index (χ2n) is 16.2. The van der Waals surface area contributed by atoms with Crippen LogP contribution in [-0.2, 0) is 14.3 Å². The maximum Gasteiger partial charge on any atom is 0.306 e. The van der Waals surface area contributed by atoms with Crippen LogP contribution in [-0.4, -0.2) is 46.9 Å². The van der Waals surface area contributed by atoms with E-state index in [9.17, 15) is 19.8 Å². The number of allylic oxidation sites excluding steroid dienone is 10. The van der Waals surface area contributed by atoms with Crippen molar-refractivity contribution < 1.29 is 24.5 Å². The van der Waals surface area contributed by atoms with E-state index in [0.29, 0.717) is 19.3 Å². The second kappa shape index (κ2) is 44.7. The molecular formula is C51H91NO5. The minimum absolute atomic E-state index is 0.0607. The van der Waals surface area contributed by atoms with Gasteiger partial charge in [0.25, 0.3) is 0 Å². The number of aliphatic hydroxyl groups is 2. The van der Waals surface area contributed by atoms with Gasteiger partial charge in [-0.25, -0.2) is 0 Å². The van der Waals surface area contributed by atoms with E-state index < -0.39 is 18.2 Å². The second-order valence-corrected chi connectivity index (χ2v) is 16.2. The Morgan fingerprint density at radius 2 is 0.965 bits per heavy atom. The quantitative estimate of drug-likeness (QED) is 0.0247. The summed E-state index contributed by atoms with van der Waals surface area (Å²) in [5.41, 5.74) is 0. The molecule has 0 radical (unpaired) electrons. The van der Waals surface area contributed by atoms with Gasteiger partial charge >= 0.3 is 5.97 Å². The van der Waals surface area contributed by atoms with Crippen molar-refractivity contribution in [3.8, 4) is 0 Å². The molecule has 0 aliphatic rings. The standard InChI is InChI=1S/C51H91NO5/c1-4-7-10-13-16-19-22-24-25-27-29-32-35-38-41-44-51(56)57-47(42-39-36-33-30-28-26-23-20-17-14-11-8-5-2)45-50(55)52-48(46-53)49(54)43-40-37-34-31-21-18-15-12-9-6-3/h7,10,13,16,19-20,22-25,47-49,53-54H,4-6,8-9,11-12,14-15,17-18,21,26-46H2,1-3H3,(H,52,55)/b10-7+,16-13+,22-19+,23-20-,25-24-. The molecule has 1 amide bonds. The molecule has 0 saturated carbocycles. The molecule has 3 unspecified atom stereocenters. The van der Waals surface area contributed by atoms with Crippen molar-refractivity contribution in [3.05, 3.63) is 60.8 Å². The molecule has 6 nitrogen and oxygen atoms in total. The van der Waals surface area contributed by atoms with Crippen LogP contribution in [0.3, 0.4) is 0 Å². The highest BCUT2D eigenvalue weighted by Crippen LogP contribution is 2.17. The molecule has 0 aromatic heterocycles. The Labute approximate surface area is 352 Å². The van der Waals surface area contributed by atoms with Crippen molar-refractivity contribution in [1.82, 2.24) is 5.32 Å². The molecule has 0 aliphatic carbocycles. The maximum absolute atomic E-state index is 13.1. The monoisotopic (exact) mass is 798 g/mol. The fourth-order valence-corrected chi connectivity index (χ4v) is 7.02. The van der Waals surface area contributed by atoms with Crippen molar-refractivity contribution in [2.45, 2.75) is 244 Å². The third kappa shape index (κ3) is 40.1. The van der Waals surface area contributed by atoms with Crippen LogP contribution in [0.5, 0.6) is 0 Å². The van der Waals surface area contributed by atoms with Crippen LogP contribution in [0.25, 0.3) is 0 Å². The molecule has 0 aromatic carbocycles. The van der Waals surface area contributed by atoms with Crippen molar-refractivity contribution in [2.75, 3.05) is 6.61 Å². The number of esters is 1. The van der Waals surface area contributed by atoms with Crippen LogP contribution in [0, 0.1) is 0 Å². The Bertz CT molecular complexity index is 1030. The Morgan fingerprint density at radius 3 is 1.51 bits per heavy atom. The molecule has 6 heteroatoms. The summed E-state index contributed by atoms with van der Waals surface area (Å²) in [7, 11) is 0. The molecular weight excluding hydrogens is 707 g/mol. The van der Waals surface area contributed by atoms with Gasteiger partial charge in [-0.05, 0) is 70.6 Å². The number of hydrogen-bond acceptors (Lipinski definition) is 5. The topological polar surface area (TPSA) is 95.9 Å². The highest BCUT2D eigenvalue weighted by Gasteiger charge is 2.24. The lowest BCUT2D eigenvalue weighted by atomic mass is 10.0. The number of amides is 1. The van der Waals surface area contributed by atoms with Crippen molar-refractivity contribution in [1.29, 1.82) is 0 Å². The van der Waals surface area contributed by atoms with E-state index in [0.717, 1.165) is 89.9 Å². The molecule has 330 valence electrons. The molecule has 0 aliphatic heterocycles. The van der Waals surface area contributed by atoms with Gasteiger partial charge in [0.15, 0.2) is 0 Å². The fourth-order valence-electron chi connectivity index (χ4n) is 7.02. The van der Waals surface area contributed by atoms with Crippen LogP contribution < -0.4 is 5.32 Å². The predicted molar refractivity (Wildman–Crippen MR) is 245 cm³/mol. The Hall–Kier alpha value is -2.44. The zero-order chi connectivity index (χ0) is 41.7. The summed E-state index contributed by atoms with van der Waals surface area (Å²) in [5, 5.41) is 23.6. The van der Waals surface area contributed by atoms with Crippen LogP contribution in [0.4, 0.5) is 0 Å². The Morgan fingerprint density at radius 1 is 0.526 bits per heavy atom. The number of rotatable bonds is 42. The van der Waals surface area contributed by atoms with E-state index in [1.165, 1.54) is 89.9 Å². The number of carbonyl (C=O) groups excluding carboxylic acids is 2. The highest BCUT2D eigenvalue weighted by molar-refractivity contribution is 5.77. The van der Waals surface area contributed by atoms with Gasteiger partial charge in [0.2, 0.25) is 5.91 Å². The molecule has 0 aromatic rings. The first kappa shape index (κ1) is 54.6. The SMILES string of the molecule is CC/C=C/C=C/C=C/C=C\CCCCCCCC(=O)OC(CCCCCCC/C=C\CCCCCC)CC(=O)NC(CO)C(O)CCCCCCCCCCCC. The van der Waals surface area contributed by atoms with Gasteiger partial charge < -0.3 is 20.3 Å². The van der Waals surface area contributed by atoms with Crippen molar-refractivity contribution in [2.24, 2.45) is 0 Å². The number of hydrogen-bond donors (Lipinski definition) is 3. The van der Waals surface area contributed by atoms with Gasteiger partial charge in [0.1, 0.15) is 6.10 Å². The molecule has 3 N–H and O–H groups in total. The lowest BCUT2D eigenvalue weighted by Crippen LogP contribution is -2.46. The zero-order valence-corrected chi connectivity index (χ0v) is 37.5. The summed E-state index contributed by atoms with van der Waals surface area (Å²) >= 11 is 0. The molecule has 0 saturated heterocycles. The van der Waals surface area contributed by atoms with E-state index in [1.54, 1.807) is 0 Å². The van der Waals surface area contributed by atoms with Crippen LogP contribution in [0.15, 0.2) is 60.8 Å². The maximum atomic E-state index is 13.1. The summed E-state index contributed by atoms with van der Waals surface area (Å²) in [6.07, 6.45) is 54.2. The number of ether oxygens (including phenoxy) is 1. The summed E-state index contributed by atoms with van der Waals surface area (Å²) in [6.45, 7) is 6.30. The van der Waals surface area contributed by atoms with Gasteiger partial charge in [-0.3, -0.25) is 9.59 Å². The molecule has 0 spiro atoms. The molecule has 0 fully saturated rings. The first-order chi connectivity index (χ1) is 28.0. The van der Waals surface area contributed by atoms with Gasteiger partial charge in [-0.1, -0.05) is 204 Å². The third-order valence-corrected chi connectivity index (χ3v) is 10.7. The van der Waals surface area contributed by atoms with Gasteiger partial charge in [0, 0.05) is 6.42 Å². The minimum Gasteiger partial charge on any atom is -0.462 e. The number of aliphatic hydroxyl groups excluding tert-OH is 2. The van der Waals surface area contributed by atoms with E-state index in [1.807, 2.05) is 18.2 Å². The average molecular weight is 798 g/mol. The van der Waals surface area contributed by atoms with E-state index in [-0.39, 0.29) is 24.9 Å². The zero-order valence-electron chi connectivity index (χ0n) is 37.5. The number of carbonyl (C=O) groups is 2. The van der Waals surface area contributed by atoms with E-state index in [2.05, 4.69) is 68.6 Å².